The quantitative estimate of drug-likeness (QED) is 0.267. The van der Waals surface area contributed by atoms with Crippen molar-refractivity contribution in [1.29, 1.82) is 0 Å². The monoisotopic (exact) mass is 693 g/mol. The summed E-state index contributed by atoms with van der Waals surface area (Å²) >= 11 is 0. The van der Waals surface area contributed by atoms with Gasteiger partial charge in [0.25, 0.3) is 0 Å². The molecule has 50 heavy (non-hydrogen) atoms. The van der Waals surface area contributed by atoms with Crippen LogP contribution in [0.2, 0.25) is 0 Å². The van der Waals surface area contributed by atoms with Gasteiger partial charge < -0.3 is 38.3 Å². The Hall–Kier alpha value is -3.91. The number of cyclic esters (lactones) is 1. The van der Waals surface area contributed by atoms with Crippen molar-refractivity contribution in [2.75, 3.05) is 26.9 Å². The number of rotatable bonds is 15. The maximum Gasteiger partial charge on any atom is 0.416 e. The molecule has 3 aliphatic rings. The van der Waals surface area contributed by atoms with Crippen LogP contribution < -0.4 is 0 Å². The Kier molecular flexibility index (Phi) is 13.3. The van der Waals surface area contributed by atoms with E-state index in [2.05, 4.69) is 0 Å². The summed E-state index contributed by atoms with van der Waals surface area (Å²) in [6.45, 7) is 5.92. The van der Waals surface area contributed by atoms with Crippen molar-refractivity contribution < 1.29 is 52.6 Å². The van der Waals surface area contributed by atoms with E-state index >= 15 is 0 Å². The third kappa shape index (κ3) is 9.05. The summed E-state index contributed by atoms with van der Waals surface area (Å²) in [6, 6.07) is 19.0. The van der Waals surface area contributed by atoms with Crippen LogP contribution in [-0.2, 0) is 56.0 Å². The third-order valence-electron chi connectivity index (χ3n) is 9.06. The van der Waals surface area contributed by atoms with Crippen molar-refractivity contribution in [2.24, 2.45) is 11.8 Å². The summed E-state index contributed by atoms with van der Waals surface area (Å²) in [5.41, 5.74) is 1.91. The van der Waals surface area contributed by atoms with Gasteiger partial charge in [-0.2, -0.15) is 0 Å². The lowest BCUT2D eigenvalue weighted by Gasteiger charge is -2.45. The van der Waals surface area contributed by atoms with Crippen molar-refractivity contribution in [2.45, 2.75) is 83.3 Å². The predicted molar refractivity (Wildman–Crippen MR) is 180 cm³/mol. The number of aliphatic hydroxyl groups is 1. The summed E-state index contributed by atoms with van der Waals surface area (Å²) in [5, 5.41) is 10.3. The minimum absolute atomic E-state index is 0.00763. The minimum atomic E-state index is -1.10. The molecular formula is C38H47NO11. The highest BCUT2D eigenvalue weighted by atomic mass is 16.7. The molecule has 0 aromatic heterocycles. The summed E-state index contributed by atoms with van der Waals surface area (Å²) < 4.78 is 42.1. The lowest BCUT2D eigenvalue weighted by molar-refractivity contribution is -0.319. The molecule has 2 aromatic carbocycles. The second-order valence-electron chi connectivity index (χ2n) is 12.9. The molecule has 8 atom stereocenters. The zero-order valence-corrected chi connectivity index (χ0v) is 28.9. The number of benzene rings is 2. The molecule has 0 aliphatic carbocycles. The molecule has 0 radical (unpaired) electrons. The first-order valence-corrected chi connectivity index (χ1v) is 17.0. The number of hydrogen-bond donors (Lipinski definition) is 1. The molecule has 3 heterocycles. The maximum absolute atomic E-state index is 13.4. The van der Waals surface area contributed by atoms with Gasteiger partial charge in [0.2, 0.25) is 5.91 Å². The molecule has 0 spiro atoms. The zero-order chi connectivity index (χ0) is 35.6. The number of ether oxygens (including phenoxy) is 7. The number of amides is 2. The molecule has 2 amide bonds. The number of ketones is 1. The number of aliphatic hydroxyl groups excluding tert-OH is 1. The molecular weight excluding hydrogens is 646 g/mol. The highest BCUT2D eigenvalue weighted by Crippen LogP contribution is 2.31. The average molecular weight is 694 g/mol. The molecule has 0 saturated carbocycles. The van der Waals surface area contributed by atoms with E-state index in [1.807, 2.05) is 74.5 Å². The van der Waals surface area contributed by atoms with Crippen LogP contribution in [0.5, 0.6) is 0 Å². The maximum atomic E-state index is 13.4. The number of hydrogen-bond acceptors (Lipinski definition) is 11. The number of carbonyl (C=O) groups excluding carboxylic acids is 3. The summed E-state index contributed by atoms with van der Waals surface area (Å²) in [5.74, 6) is -1.42. The Bertz CT molecular complexity index is 1480. The van der Waals surface area contributed by atoms with Crippen molar-refractivity contribution in [3.05, 3.63) is 95.8 Å². The molecule has 0 bridgehead atoms. The lowest BCUT2D eigenvalue weighted by Crippen LogP contribution is -2.61. The van der Waals surface area contributed by atoms with E-state index in [0.717, 1.165) is 16.0 Å². The van der Waals surface area contributed by atoms with Gasteiger partial charge in [-0.05, 0) is 48.6 Å². The Morgan fingerprint density at radius 1 is 0.920 bits per heavy atom. The highest BCUT2D eigenvalue weighted by molar-refractivity contribution is 6.01. The number of nitrogens with zero attached hydrogens (tertiary/aromatic N) is 1. The fraction of sp³-hybridized carbons (Fsp3) is 0.500. The van der Waals surface area contributed by atoms with E-state index in [4.69, 9.17) is 33.2 Å². The van der Waals surface area contributed by atoms with Crippen molar-refractivity contribution >= 4 is 17.8 Å². The smallest absolute Gasteiger partial charge is 0.416 e. The second-order valence-corrected chi connectivity index (χ2v) is 12.9. The van der Waals surface area contributed by atoms with Crippen LogP contribution >= 0.6 is 0 Å². The largest absolute Gasteiger partial charge is 0.482 e. The summed E-state index contributed by atoms with van der Waals surface area (Å²) in [6.07, 6.45) is -0.428. The molecule has 2 aromatic rings. The first-order valence-electron chi connectivity index (χ1n) is 17.0. The van der Waals surface area contributed by atoms with Crippen LogP contribution in [0.3, 0.4) is 0 Å². The van der Waals surface area contributed by atoms with Crippen LogP contribution in [0.15, 0.2) is 84.7 Å². The van der Waals surface area contributed by atoms with Gasteiger partial charge in [-0.25, -0.2) is 9.69 Å². The van der Waals surface area contributed by atoms with Gasteiger partial charge in [0.1, 0.15) is 36.8 Å². The third-order valence-corrected chi connectivity index (χ3v) is 9.06. The van der Waals surface area contributed by atoms with Crippen LogP contribution in [0.1, 0.15) is 38.3 Å². The van der Waals surface area contributed by atoms with Gasteiger partial charge in [0, 0.05) is 7.11 Å². The van der Waals surface area contributed by atoms with Crippen LogP contribution in [0.4, 0.5) is 4.79 Å². The van der Waals surface area contributed by atoms with Gasteiger partial charge in [-0.1, -0.05) is 74.5 Å². The molecule has 1 N–H and O–H groups in total. The van der Waals surface area contributed by atoms with E-state index in [-0.39, 0.29) is 44.7 Å². The SMILES string of the molecule is CO[C@H]1O[C@H](CO)[C@@H](OCc2ccccc2)[C@H](OCc2ccccc2)[C@@H]1OCCC=C1C=CC(=O)[C@@H]([C@@H](C)C(=O)N2C(=O)OC[C@H]2C(C)C)O1. The second kappa shape index (κ2) is 17.8. The zero-order valence-electron chi connectivity index (χ0n) is 28.9. The van der Waals surface area contributed by atoms with E-state index in [1.165, 1.54) is 13.2 Å². The van der Waals surface area contributed by atoms with Crippen molar-refractivity contribution in [1.82, 2.24) is 4.90 Å². The van der Waals surface area contributed by atoms with Crippen molar-refractivity contribution in [3.8, 4) is 0 Å². The molecule has 5 rings (SSSR count). The van der Waals surface area contributed by atoms with E-state index in [9.17, 15) is 19.5 Å². The first-order chi connectivity index (χ1) is 24.2. The fourth-order valence-electron chi connectivity index (χ4n) is 6.22. The Balaban J connectivity index is 1.26. The van der Waals surface area contributed by atoms with Crippen molar-refractivity contribution in [3.63, 3.8) is 0 Å². The van der Waals surface area contributed by atoms with Crippen LogP contribution in [-0.4, -0.2) is 97.6 Å². The van der Waals surface area contributed by atoms with Gasteiger partial charge in [0.15, 0.2) is 18.2 Å². The Morgan fingerprint density at radius 3 is 2.16 bits per heavy atom. The number of carbonyl (C=O) groups is 3. The van der Waals surface area contributed by atoms with Gasteiger partial charge >= 0.3 is 6.09 Å². The van der Waals surface area contributed by atoms with Gasteiger partial charge in [0.05, 0.1) is 38.4 Å². The predicted octanol–water partition coefficient (Wildman–Crippen LogP) is 4.34. The molecule has 12 nitrogen and oxygen atoms in total. The molecule has 3 aliphatic heterocycles. The van der Waals surface area contributed by atoms with E-state index in [0.29, 0.717) is 12.2 Å². The number of imide groups is 1. The standard InChI is InChI=1S/C38H47NO11/c1-24(2)29-23-48-38(43)39(29)36(42)25(3)32-30(41)18-17-28(49-32)16-11-19-45-35-34(47-22-27-14-9-6-10-15-27)33(31(20-40)50-37(35)44-4)46-21-26-12-7-5-8-13-26/h5-10,12-18,24-25,29,31-35,37,40H,11,19-23H2,1-4H3/t25-,29+,31-,32-,33-,34+,35+,37+/m1/s1. The van der Waals surface area contributed by atoms with Crippen LogP contribution in [0.25, 0.3) is 0 Å². The van der Waals surface area contributed by atoms with E-state index < -0.39 is 60.8 Å². The average Bonchev–Trinajstić information content (AvgIpc) is 3.53. The molecule has 270 valence electrons. The Morgan fingerprint density at radius 2 is 1.56 bits per heavy atom. The fourth-order valence-corrected chi connectivity index (χ4v) is 6.22. The Labute approximate surface area is 292 Å². The number of methoxy groups -OCH3 is 1. The minimum Gasteiger partial charge on any atom is -0.482 e. The molecule has 12 heteroatoms. The topological polar surface area (TPSA) is 139 Å². The number of allylic oxidation sites excluding steroid dienone is 1. The van der Waals surface area contributed by atoms with Crippen LogP contribution in [0, 0.1) is 11.8 Å². The summed E-state index contributed by atoms with van der Waals surface area (Å²) in [7, 11) is 1.50. The first kappa shape index (κ1) is 37.3. The summed E-state index contributed by atoms with van der Waals surface area (Å²) in [4.78, 5) is 39.6. The lowest BCUT2D eigenvalue weighted by atomic mass is 9.95. The highest BCUT2D eigenvalue weighted by Gasteiger charge is 2.49. The molecule has 2 saturated heterocycles. The molecule has 0 unspecified atom stereocenters. The van der Waals surface area contributed by atoms with Gasteiger partial charge in [-0.15, -0.1) is 0 Å². The van der Waals surface area contributed by atoms with Gasteiger partial charge in [-0.3, -0.25) is 9.59 Å². The van der Waals surface area contributed by atoms with E-state index in [1.54, 1.807) is 19.1 Å². The molecule has 2 fully saturated rings. The normalized spacial score (nSPS) is 28.2.